The van der Waals surface area contributed by atoms with Crippen molar-refractivity contribution in [2.45, 2.75) is 19.8 Å². The molecule has 1 rings (SSSR count). The van der Waals surface area contributed by atoms with Gasteiger partial charge in [-0.1, -0.05) is 19.4 Å². The molecule has 0 N–H and O–H groups in total. The number of aldehydes is 1. The Labute approximate surface area is 101 Å². The van der Waals surface area contributed by atoms with E-state index in [2.05, 4.69) is 6.92 Å². The van der Waals surface area contributed by atoms with Gasteiger partial charge in [-0.15, -0.1) is 0 Å². The number of benzene rings is 1. The van der Waals surface area contributed by atoms with Crippen LogP contribution in [0.5, 0.6) is 5.75 Å². The molecule has 0 heterocycles. The van der Waals surface area contributed by atoms with E-state index in [1.807, 2.05) is 0 Å². The molecule has 0 fully saturated rings. The molecule has 1 aromatic rings. The first-order valence-corrected chi connectivity index (χ1v) is 5.73. The van der Waals surface area contributed by atoms with E-state index < -0.39 is 5.82 Å². The summed E-state index contributed by atoms with van der Waals surface area (Å²) in [5.74, 6) is -0.523. The predicted molar refractivity (Wildman–Crippen MR) is 63.0 cm³/mol. The largest absolute Gasteiger partial charge is 0.487 e. The highest BCUT2D eigenvalue weighted by atomic mass is 19.1. The van der Waals surface area contributed by atoms with Gasteiger partial charge in [0, 0.05) is 6.61 Å². The second-order valence-corrected chi connectivity index (χ2v) is 3.59. The molecule has 0 aliphatic heterocycles. The first-order valence-electron chi connectivity index (χ1n) is 5.73. The number of unbranched alkanes of at least 4 members (excludes halogenated alkanes) is 1. The van der Waals surface area contributed by atoms with E-state index in [-0.39, 0.29) is 17.9 Å². The van der Waals surface area contributed by atoms with E-state index in [4.69, 9.17) is 9.47 Å². The zero-order valence-electron chi connectivity index (χ0n) is 9.95. The highest BCUT2D eigenvalue weighted by Gasteiger charge is 2.08. The Hall–Kier alpha value is -1.42. The van der Waals surface area contributed by atoms with Crippen LogP contribution in [0, 0.1) is 5.82 Å². The summed E-state index contributed by atoms with van der Waals surface area (Å²) in [5, 5.41) is 0. The number of rotatable bonds is 8. The Morgan fingerprint density at radius 1 is 1.29 bits per heavy atom. The maximum absolute atomic E-state index is 13.3. The molecule has 0 unspecified atom stereocenters. The first kappa shape index (κ1) is 13.6. The van der Waals surface area contributed by atoms with Crippen molar-refractivity contribution in [1.29, 1.82) is 0 Å². The third-order valence-corrected chi connectivity index (χ3v) is 2.24. The summed E-state index contributed by atoms with van der Waals surface area (Å²) in [4.78, 5) is 10.7. The molecule has 17 heavy (non-hydrogen) atoms. The average Bonchev–Trinajstić information content (AvgIpc) is 2.35. The van der Waals surface area contributed by atoms with Crippen LogP contribution in [0.4, 0.5) is 4.39 Å². The lowest BCUT2D eigenvalue weighted by atomic mass is 10.2. The van der Waals surface area contributed by atoms with Crippen LogP contribution >= 0.6 is 0 Å². The average molecular weight is 240 g/mol. The lowest BCUT2D eigenvalue weighted by molar-refractivity contribution is 0.0954. The van der Waals surface area contributed by atoms with Crippen molar-refractivity contribution in [2.24, 2.45) is 0 Å². The van der Waals surface area contributed by atoms with Crippen LogP contribution in [0.3, 0.4) is 0 Å². The number of carbonyl (C=O) groups excluding carboxylic acids is 1. The van der Waals surface area contributed by atoms with Gasteiger partial charge in [-0.3, -0.25) is 4.79 Å². The van der Waals surface area contributed by atoms with Crippen molar-refractivity contribution >= 4 is 6.29 Å². The summed E-state index contributed by atoms with van der Waals surface area (Å²) in [6, 6.07) is 4.26. The monoisotopic (exact) mass is 240 g/mol. The summed E-state index contributed by atoms with van der Waals surface area (Å²) in [5.41, 5.74) is 0.221. The molecular weight excluding hydrogens is 223 g/mol. The highest BCUT2D eigenvalue weighted by Crippen LogP contribution is 2.20. The van der Waals surface area contributed by atoms with E-state index in [1.165, 1.54) is 18.2 Å². The van der Waals surface area contributed by atoms with Crippen molar-refractivity contribution in [3.8, 4) is 5.75 Å². The molecule has 0 aliphatic rings. The van der Waals surface area contributed by atoms with E-state index in [9.17, 15) is 9.18 Å². The lowest BCUT2D eigenvalue weighted by Gasteiger charge is -2.09. The van der Waals surface area contributed by atoms with Gasteiger partial charge in [0.05, 0.1) is 12.2 Å². The smallest absolute Gasteiger partial charge is 0.165 e. The van der Waals surface area contributed by atoms with E-state index in [1.54, 1.807) is 0 Å². The SMILES string of the molecule is CCCCOCCOc1c(F)cccc1C=O. The highest BCUT2D eigenvalue weighted by molar-refractivity contribution is 5.79. The fourth-order valence-electron chi connectivity index (χ4n) is 1.32. The summed E-state index contributed by atoms with van der Waals surface area (Å²) in [6.45, 7) is 3.39. The molecule has 0 aliphatic carbocycles. The Morgan fingerprint density at radius 2 is 2.12 bits per heavy atom. The van der Waals surface area contributed by atoms with Gasteiger partial charge in [0.15, 0.2) is 17.9 Å². The molecule has 0 saturated heterocycles. The van der Waals surface area contributed by atoms with E-state index in [0.717, 1.165) is 12.8 Å². The first-order chi connectivity index (χ1) is 8.29. The topological polar surface area (TPSA) is 35.5 Å². The van der Waals surface area contributed by atoms with Gasteiger partial charge in [-0.25, -0.2) is 4.39 Å². The van der Waals surface area contributed by atoms with Crippen molar-refractivity contribution in [2.75, 3.05) is 19.8 Å². The summed E-state index contributed by atoms with van der Waals surface area (Å²) >= 11 is 0. The fourth-order valence-corrected chi connectivity index (χ4v) is 1.32. The van der Waals surface area contributed by atoms with Crippen LogP contribution in [-0.2, 0) is 4.74 Å². The van der Waals surface area contributed by atoms with Gasteiger partial charge in [0.2, 0.25) is 0 Å². The van der Waals surface area contributed by atoms with Gasteiger partial charge in [0.1, 0.15) is 6.61 Å². The van der Waals surface area contributed by atoms with Crippen LogP contribution in [-0.4, -0.2) is 26.1 Å². The zero-order chi connectivity index (χ0) is 12.5. The Balaban J connectivity index is 2.38. The van der Waals surface area contributed by atoms with E-state index >= 15 is 0 Å². The second kappa shape index (κ2) is 7.79. The van der Waals surface area contributed by atoms with Crippen LogP contribution in [0.15, 0.2) is 18.2 Å². The minimum Gasteiger partial charge on any atom is -0.487 e. The van der Waals surface area contributed by atoms with Gasteiger partial charge >= 0.3 is 0 Å². The minimum atomic E-state index is -0.525. The number of ether oxygens (including phenoxy) is 2. The molecule has 1 aromatic carbocycles. The minimum absolute atomic E-state index is 0.00147. The molecule has 0 saturated carbocycles. The van der Waals surface area contributed by atoms with Gasteiger partial charge < -0.3 is 9.47 Å². The fraction of sp³-hybridized carbons (Fsp3) is 0.462. The standard InChI is InChI=1S/C13H17FO3/c1-2-3-7-16-8-9-17-13-11(10-15)5-4-6-12(13)14/h4-6,10H,2-3,7-9H2,1H3. The Bertz CT molecular complexity index is 353. The third kappa shape index (κ3) is 4.53. The number of para-hydroxylation sites is 1. The van der Waals surface area contributed by atoms with Crippen molar-refractivity contribution in [3.63, 3.8) is 0 Å². The van der Waals surface area contributed by atoms with Crippen LogP contribution < -0.4 is 4.74 Å². The van der Waals surface area contributed by atoms with Gasteiger partial charge in [-0.05, 0) is 18.6 Å². The van der Waals surface area contributed by atoms with Crippen LogP contribution in [0.25, 0.3) is 0 Å². The maximum atomic E-state index is 13.3. The Kier molecular flexibility index (Phi) is 6.25. The Morgan fingerprint density at radius 3 is 2.82 bits per heavy atom. The molecule has 0 amide bonds. The molecule has 0 radical (unpaired) electrons. The predicted octanol–water partition coefficient (Wildman–Crippen LogP) is 2.83. The second-order valence-electron chi connectivity index (χ2n) is 3.59. The molecule has 94 valence electrons. The molecule has 0 bridgehead atoms. The normalized spacial score (nSPS) is 10.2. The molecular formula is C13H17FO3. The van der Waals surface area contributed by atoms with Crippen LogP contribution in [0.2, 0.25) is 0 Å². The summed E-state index contributed by atoms with van der Waals surface area (Å²) in [6.07, 6.45) is 2.65. The molecule has 3 nitrogen and oxygen atoms in total. The third-order valence-electron chi connectivity index (χ3n) is 2.24. The lowest BCUT2D eigenvalue weighted by Crippen LogP contribution is -2.09. The van der Waals surface area contributed by atoms with E-state index in [0.29, 0.717) is 19.5 Å². The molecule has 0 aromatic heterocycles. The maximum Gasteiger partial charge on any atom is 0.165 e. The zero-order valence-corrected chi connectivity index (χ0v) is 9.95. The summed E-state index contributed by atoms with van der Waals surface area (Å²) in [7, 11) is 0. The number of hydrogen-bond acceptors (Lipinski definition) is 3. The molecule has 0 spiro atoms. The van der Waals surface area contributed by atoms with Gasteiger partial charge in [-0.2, -0.15) is 0 Å². The van der Waals surface area contributed by atoms with Crippen molar-refractivity contribution in [3.05, 3.63) is 29.6 Å². The quantitative estimate of drug-likeness (QED) is 0.517. The van der Waals surface area contributed by atoms with Crippen molar-refractivity contribution in [1.82, 2.24) is 0 Å². The molecule has 0 atom stereocenters. The van der Waals surface area contributed by atoms with Crippen molar-refractivity contribution < 1.29 is 18.7 Å². The number of hydrogen-bond donors (Lipinski definition) is 0. The molecule has 4 heteroatoms. The number of halogens is 1. The van der Waals surface area contributed by atoms with Gasteiger partial charge in [0.25, 0.3) is 0 Å². The van der Waals surface area contributed by atoms with Crippen LogP contribution in [0.1, 0.15) is 30.1 Å². The summed E-state index contributed by atoms with van der Waals surface area (Å²) < 4.78 is 23.8. The number of carbonyl (C=O) groups is 1.